The third kappa shape index (κ3) is 5.04. The number of rotatable bonds is 10. The van der Waals surface area contributed by atoms with Crippen LogP contribution in [0.2, 0.25) is 0 Å². The van der Waals surface area contributed by atoms with Crippen molar-refractivity contribution in [2.24, 2.45) is 0 Å². The highest BCUT2D eigenvalue weighted by molar-refractivity contribution is 8.00. The van der Waals surface area contributed by atoms with E-state index in [1.54, 1.807) is 47.1 Å². The van der Waals surface area contributed by atoms with Gasteiger partial charge in [0.25, 0.3) is 0 Å². The third-order valence-electron chi connectivity index (χ3n) is 5.95. The average molecular weight is 502 g/mol. The highest BCUT2D eigenvalue weighted by Crippen LogP contribution is 2.28. The summed E-state index contributed by atoms with van der Waals surface area (Å²) in [7, 11) is 3.49. The first-order valence-electron chi connectivity index (χ1n) is 11.0. The molecule has 35 heavy (non-hydrogen) atoms. The van der Waals surface area contributed by atoms with Crippen molar-refractivity contribution >= 4 is 23.7 Å². The Morgan fingerprint density at radius 2 is 2.00 bits per heavy atom. The van der Waals surface area contributed by atoms with Gasteiger partial charge in [0.1, 0.15) is 17.3 Å². The highest BCUT2D eigenvalue weighted by Gasteiger charge is 2.34. The number of hydrogen-bond donors (Lipinski definition) is 0. The van der Waals surface area contributed by atoms with Gasteiger partial charge < -0.3 is 14.9 Å². The maximum Gasteiger partial charge on any atom is 0.368 e. The quantitative estimate of drug-likeness (QED) is 0.273. The standard InChI is InChI=1S/C22H27N7O5S/c1-16-17(15-26-11-10-24(2)22(26)29(32)33)6-4-7-18(16)34-12-5-13-35-21-9-8-19-23-14-20(28(30)31)27(19)25(21)3/h4,6-11,14,21-22H,5,12-13,15H2,1-3H3. The van der Waals surface area contributed by atoms with Crippen LogP contribution in [0, 0.1) is 27.2 Å². The first kappa shape index (κ1) is 24.4. The number of fused-ring (bicyclic) bond motifs is 1. The molecule has 3 heterocycles. The van der Waals surface area contributed by atoms with Crippen LogP contribution >= 0.6 is 11.8 Å². The average Bonchev–Trinajstić information content (AvgIpc) is 3.41. The molecular formula is C22H27N7O5S. The fourth-order valence-corrected chi connectivity index (χ4v) is 5.12. The molecule has 4 rings (SSSR count). The minimum absolute atomic E-state index is 0.0540. The second kappa shape index (κ2) is 10.3. The van der Waals surface area contributed by atoms with Crippen molar-refractivity contribution in [3.05, 3.63) is 80.1 Å². The van der Waals surface area contributed by atoms with Crippen LogP contribution in [0.1, 0.15) is 23.4 Å². The number of likely N-dealkylation sites (N-methyl/N-ethyl adjacent to an activating group) is 1. The van der Waals surface area contributed by atoms with E-state index in [0.717, 1.165) is 29.1 Å². The molecule has 2 aliphatic rings. The minimum Gasteiger partial charge on any atom is -0.493 e. The van der Waals surface area contributed by atoms with Crippen molar-refractivity contribution in [2.75, 3.05) is 31.5 Å². The maximum atomic E-state index is 11.4. The Morgan fingerprint density at radius 3 is 2.74 bits per heavy atom. The van der Waals surface area contributed by atoms with Gasteiger partial charge in [-0.15, -0.1) is 16.4 Å². The molecule has 2 unspecified atom stereocenters. The number of ether oxygens (including phenoxy) is 1. The Morgan fingerprint density at radius 1 is 1.20 bits per heavy atom. The van der Waals surface area contributed by atoms with Gasteiger partial charge >= 0.3 is 12.1 Å². The van der Waals surface area contributed by atoms with Crippen LogP contribution in [0.5, 0.6) is 5.75 Å². The van der Waals surface area contributed by atoms with Crippen LogP contribution in [0.25, 0.3) is 6.08 Å². The molecule has 1 aromatic heterocycles. The normalized spacial score (nSPS) is 18.8. The van der Waals surface area contributed by atoms with Crippen LogP contribution in [-0.2, 0) is 6.54 Å². The Hall–Kier alpha value is -3.74. The monoisotopic (exact) mass is 501 g/mol. The van der Waals surface area contributed by atoms with E-state index in [-0.39, 0.29) is 16.1 Å². The smallest absolute Gasteiger partial charge is 0.368 e. The number of aromatic nitrogens is 2. The first-order chi connectivity index (χ1) is 16.8. The zero-order chi connectivity index (χ0) is 25.1. The summed E-state index contributed by atoms with van der Waals surface area (Å²) in [5.41, 5.74) is 1.93. The van der Waals surface area contributed by atoms with Crippen LogP contribution in [0.15, 0.2) is 42.9 Å². The lowest BCUT2D eigenvalue weighted by Gasteiger charge is -2.27. The Balaban J connectivity index is 1.28. The van der Waals surface area contributed by atoms with Crippen molar-refractivity contribution in [1.82, 2.24) is 19.5 Å². The van der Waals surface area contributed by atoms with Crippen molar-refractivity contribution in [2.45, 2.75) is 31.6 Å². The van der Waals surface area contributed by atoms with E-state index in [1.165, 1.54) is 10.9 Å². The van der Waals surface area contributed by atoms with Gasteiger partial charge in [0.05, 0.1) is 18.1 Å². The molecule has 1 aromatic carbocycles. The van der Waals surface area contributed by atoms with E-state index in [0.29, 0.717) is 19.0 Å². The summed E-state index contributed by atoms with van der Waals surface area (Å²) in [6, 6.07) is 5.75. The van der Waals surface area contributed by atoms with Crippen molar-refractivity contribution in [1.29, 1.82) is 0 Å². The van der Waals surface area contributed by atoms with E-state index in [2.05, 4.69) is 4.98 Å². The van der Waals surface area contributed by atoms with E-state index in [4.69, 9.17) is 4.74 Å². The maximum absolute atomic E-state index is 11.4. The topological polar surface area (TPSA) is 123 Å². The predicted molar refractivity (Wildman–Crippen MR) is 133 cm³/mol. The lowest BCUT2D eigenvalue weighted by molar-refractivity contribution is -0.568. The summed E-state index contributed by atoms with van der Waals surface area (Å²) in [6.07, 6.45) is 8.35. The Kier molecular flexibility index (Phi) is 7.15. The molecule has 0 saturated heterocycles. The summed E-state index contributed by atoms with van der Waals surface area (Å²) in [4.78, 5) is 29.3. The van der Waals surface area contributed by atoms with Gasteiger partial charge in [-0.25, -0.2) is 9.99 Å². The number of nitro groups is 2. The van der Waals surface area contributed by atoms with Crippen LogP contribution in [-0.4, -0.2) is 67.4 Å². The molecule has 186 valence electrons. The fourth-order valence-electron chi connectivity index (χ4n) is 4.09. The van der Waals surface area contributed by atoms with Gasteiger partial charge in [0.2, 0.25) is 5.82 Å². The molecule has 2 aliphatic heterocycles. The Bertz CT molecular complexity index is 1170. The molecule has 13 heteroatoms. The van der Waals surface area contributed by atoms with Gasteiger partial charge in [0.15, 0.2) is 0 Å². The zero-order valence-electron chi connectivity index (χ0n) is 19.7. The summed E-state index contributed by atoms with van der Waals surface area (Å²) >= 11 is 1.66. The molecule has 0 saturated carbocycles. The van der Waals surface area contributed by atoms with Gasteiger partial charge in [0, 0.05) is 32.6 Å². The summed E-state index contributed by atoms with van der Waals surface area (Å²) in [6.45, 7) is 2.88. The highest BCUT2D eigenvalue weighted by atomic mass is 32.2. The van der Waals surface area contributed by atoms with E-state index < -0.39 is 11.2 Å². The van der Waals surface area contributed by atoms with Crippen LogP contribution in [0.3, 0.4) is 0 Å². The van der Waals surface area contributed by atoms with Crippen molar-refractivity contribution in [3.8, 4) is 5.75 Å². The molecule has 0 fully saturated rings. The molecule has 2 atom stereocenters. The summed E-state index contributed by atoms with van der Waals surface area (Å²) in [5, 5.41) is 24.4. The third-order valence-corrected chi connectivity index (χ3v) is 7.28. The fraction of sp³-hybridized carbons (Fsp3) is 0.409. The molecule has 0 bridgehead atoms. The van der Waals surface area contributed by atoms with E-state index >= 15 is 0 Å². The number of benzene rings is 1. The molecular weight excluding hydrogens is 474 g/mol. The van der Waals surface area contributed by atoms with Gasteiger partial charge in [-0.3, -0.25) is 19.9 Å². The van der Waals surface area contributed by atoms with Crippen LogP contribution < -0.4 is 9.75 Å². The molecule has 0 spiro atoms. The van der Waals surface area contributed by atoms with Gasteiger partial charge in [-0.1, -0.05) is 12.1 Å². The lowest BCUT2D eigenvalue weighted by Crippen LogP contribution is -2.42. The molecule has 0 aliphatic carbocycles. The molecule has 12 nitrogen and oxygen atoms in total. The largest absolute Gasteiger partial charge is 0.493 e. The van der Waals surface area contributed by atoms with E-state index in [1.807, 2.05) is 43.3 Å². The van der Waals surface area contributed by atoms with Crippen molar-refractivity contribution in [3.63, 3.8) is 0 Å². The SMILES string of the molecule is Cc1c(CN2C=CN(C)C2[N+](=O)[O-])cccc1OCCCSC1C=Cc2ncc([N+](=O)[O-])n2N1C. The van der Waals surface area contributed by atoms with Crippen molar-refractivity contribution < 1.29 is 14.6 Å². The molecule has 0 N–H and O–H groups in total. The second-order valence-corrected chi connectivity index (χ2v) is 9.47. The number of hydrogen-bond acceptors (Lipinski definition) is 10. The number of nitrogens with zero attached hydrogens (tertiary/aromatic N) is 7. The Labute approximate surface area is 206 Å². The molecule has 0 amide bonds. The molecule has 2 aromatic rings. The predicted octanol–water partition coefficient (Wildman–Crippen LogP) is 3.00. The first-order valence-corrected chi connectivity index (χ1v) is 12.1. The second-order valence-electron chi connectivity index (χ2n) is 8.25. The zero-order valence-corrected chi connectivity index (χ0v) is 20.5. The summed E-state index contributed by atoms with van der Waals surface area (Å²) < 4.78 is 7.53. The van der Waals surface area contributed by atoms with Gasteiger partial charge in [-0.05, 0) is 47.3 Å². The van der Waals surface area contributed by atoms with Crippen LogP contribution in [0.4, 0.5) is 5.82 Å². The molecule has 0 radical (unpaired) electrons. The van der Waals surface area contributed by atoms with E-state index in [9.17, 15) is 20.2 Å². The number of imidazole rings is 1. The lowest BCUT2D eigenvalue weighted by atomic mass is 10.1. The minimum atomic E-state index is -0.914. The summed E-state index contributed by atoms with van der Waals surface area (Å²) in [5.74, 6) is 2.04. The van der Waals surface area contributed by atoms with Gasteiger partial charge in [-0.2, -0.15) is 0 Å². The number of thioether (sulfide) groups is 1.